The van der Waals surface area contributed by atoms with E-state index < -0.39 is 0 Å². The number of likely N-dealkylation sites (tertiary alicyclic amines) is 1. The zero-order valence-electron chi connectivity index (χ0n) is 11.5. The zero-order valence-corrected chi connectivity index (χ0v) is 11.5. The average molecular weight is 274 g/mol. The standard InChI is InChI=1S/C14H18N4O2/c1-20-13(19)11-4-2-6-17(8-11)9-12-10-18-7-3-5-15-14(18)16-12/h3,5,7,10-11H,2,4,6,8-9H2,1H3. The monoisotopic (exact) mass is 274 g/mol. The van der Waals surface area contributed by atoms with Crippen molar-refractivity contribution in [1.29, 1.82) is 0 Å². The highest BCUT2D eigenvalue weighted by Gasteiger charge is 2.26. The van der Waals surface area contributed by atoms with E-state index in [0.717, 1.165) is 38.2 Å². The Morgan fingerprint density at radius 3 is 3.25 bits per heavy atom. The molecular weight excluding hydrogens is 256 g/mol. The van der Waals surface area contributed by atoms with Crippen LogP contribution in [0.2, 0.25) is 0 Å². The van der Waals surface area contributed by atoms with Crippen molar-refractivity contribution in [2.75, 3.05) is 20.2 Å². The van der Waals surface area contributed by atoms with Gasteiger partial charge in [-0.15, -0.1) is 0 Å². The van der Waals surface area contributed by atoms with Gasteiger partial charge in [0.25, 0.3) is 0 Å². The first-order valence-electron chi connectivity index (χ1n) is 6.85. The molecule has 0 amide bonds. The van der Waals surface area contributed by atoms with Gasteiger partial charge in [0.2, 0.25) is 5.78 Å². The average Bonchev–Trinajstić information content (AvgIpc) is 2.88. The van der Waals surface area contributed by atoms with Crippen LogP contribution in [0.25, 0.3) is 5.78 Å². The number of rotatable bonds is 3. The summed E-state index contributed by atoms with van der Waals surface area (Å²) in [7, 11) is 1.45. The third kappa shape index (κ3) is 2.65. The molecule has 1 fully saturated rings. The normalized spacial score (nSPS) is 20.1. The number of carbonyl (C=O) groups excluding carboxylic acids is 1. The molecule has 1 aliphatic rings. The number of piperidine rings is 1. The van der Waals surface area contributed by atoms with E-state index in [2.05, 4.69) is 14.9 Å². The second kappa shape index (κ2) is 5.58. The molecule has 0 aromatic carbocycles. The third-order valence-electron chi connectivity index (χ3n) is 3.71. The van der Waals surface area contributed by atoms with E-state index in [1.807, 2.05) is 22.9 Å². The van der Waals surface area contributed by atoms with Gasteiger partial charge >= 0.3 is 5.97 Å². The van der Waals surface area contributed by atoms with Crippen molar-refractivity contribution in [1.82, 2.24) is 19.3 Å². The van der Waals surface area contributed by atoms with Crippen molar-refractivity contribution in [3.05, 3.63) is 30.4 Å². The zero-order chi connectivity index (χ0) is 13.9. The number of ether oxygens (including phenoxy) is 1. The first-order valence-corrected chi connectivity index (χ1v) is 6.85. The van der Waals surface area contributed by atoms with Gasteiger partial charge in [-0.05, 0) is 25.5 Å². The molecule has 1 saturated heterocycles. The van der Waals surface area contributed by atoms with E-state index in [1.54, 1.807) is 6.20 Å². The van der Waals surface area contributed by atoms with E-state index >= 15 is 0 Å². The number of hydrogen-bond donors (Lipinski definition) is 0. The predicted molar refractivity (Wildman–Crippen MR) is 73.0 cm³/mol. The van der Waals surface area contributed by atoms with Crippen LogP contribution in [0.1, 0.15) is 18.5 Å². The van der Waals surface area contributed by atoms with Gasteiger partial charge in [0, 0.05) is 31.7 Å². The van der Waals surface area contributed by atoms with Crippen LogP contribution in [0.4, 0.5) is 0 Å². The molecule has 6 heteroatoms. The molecule has 106 valence electrons. The second-order valence-electron chi connectivity index (χ2n) is 5.16. The Kier molecular flexibility index (Phi) is 3.64. The molecule has 3 rings (SSSR count). The van der Waals surface area contributed by atoms with Crippen molar-refractivity contribution < 1.29 is 9.53 Å². The van der Waals surface area contributed by atoms with Crippen LogP contribution in [0.5, 0.6) is 0 Å². The summed E-state index contributed by atoms with van der Waals surface area (Å²) in [5.74, 6) is 0.597. The smallest absolute Gasteiger partial charge is 0.309 e. The van der Waals surface area contributed by atoms with Gasteiger partial charge in [-0.2, -0.15) is 0 Å². The minimum atomic E-state index is -0.105. The summed E-state index contributed by atoms with van der Waals surface area (Å²) in [6.07, 6.45) is 7.60. The number of imidazole rings is 1. The molecule has 0 bridgehead atoms. The van der Waals surface area contributed by atoms with Crippen LogP contribution in [-0.4, -0.2) is 45.4 Å². The molecule has 20 heavy (non-hydrogen) atoms. The Balaban J connectivity index is 1.69. The van der Waals surface area contributed by atoms with Crippen LogP contribution in [0.3, 0.4) is 0 Å². The number of nitrogens with zero attached hydrogens (tertiary/aromatic N) is 4. The lowest BCUT2D eigenvalue weighted by atomic mass is 9.98. The van der Waals surface area contributed by atoms with E-state index in [1.165, 1.54) is 7.11 Å². The van der Waals surface area contributed by atoms with Gasteiger partial charge in [-0.3, -0.25) is 14.1 Å². The third-order valence-corrected chi connectivity index (χ3v) is 3.71. The first kappa shape index (κ1) is 13.1. The number of aromatic nitrogens is 3. The molecule has 0 radical (unpaired) electrons. The summed E-state index contributed by atoms with van der Waals surface area (Å²) >= 11 is 0. The fourth-order valence-corrected chi connectivity index (χ4v) is 2.74. The molecular formula is C14H18N4O2. The Labute approximate surface area is 117 Å². The molecule has 1 aliphatic heterocycles. The van der Waals surface area contributed by atoms with Crippen LogP contribution < -0.4 is 0 Å². The van der Waals surface area contributed by atoms with Gasteiger partial charge in [-0.25, -0.2) is 9.97 Å². The largest absolute Gasteiger partial charge is 0.469 e. The van der Waals surface area contributed by atoms with E-state index in [-0.39, 0.29) is 11.9 Å². The molecule has 0 aliphatic carbocycles. The van der Waals surface area contributed by atoms with Gasteiger partial charge in [0.05, 0.1) is 18.7 Å². The van der Waals surface area contributed by atoms with Crippen LogP contribution >= 0.6 is 0 Å². The fraction of sp³-hybridized carbons (Fsp3) is 0.500. The highest BCUT2D eigenvalue weighted by molar-refractivity contribution is 5.72. The van der Waals surface area contributed by atoms with Gasteiger partial charge in [0.1, 0.15) is 0 Å². The number of hydrogen-bond acceptors (Lipinski definition) is 5. The summed E-state index contributed by atoms with van der Waals surface area (Å²) in [5.41, 5.74) is 0.981. The number of carbonyl (C=O) groups is 1. The summed E-state index contributed by atoms with van der Waals surface area (Å²) in [6, 6.07) is 1.88. The SMILES string of the molecule is COC(=O)C1CCCN(Cc2cn3cccnc3n2)C1. The van der Waals surface area contributed by atoms with Gasteiger partial charge < -0.3 is 4.74 Å². The lowest BCUT2D eigenvalue weighted by Crippen LogP contribution is -2.38. The molecule has 0 saturated carbocycles. The maximum Gasteiger partial charge on any atom is 0.309 e. The number of methoxy groups -OCH3 is 1. The lowest BCUT2D eigenvalue weighted by molar-refractivity contribution is -0.147. The van der Waals surface area contributed by atoms with Crippen molar-refractivity contribution in [2.24, 2.45) is 5.92 Å². The van der Waals surface area contributed by atoms with Crippen molar-refractivity contribution in [3.63, 3.8) is 0 Å². The minimum Gasteiger partial charge on any atom is -0.469 e. The molecule has 1 unspecified atom stereocenters. The van der Waals surface area contributed by atoms with Gasteiger partial charge in [-0.1, -0.05) is 0 Å². The molecule has 0 N–H and O–H groups in total. The molecule has 2 aromatic rings. The Hall–Kier alpha value is -1.95. The molecule has 3 heterocycles. The summed E-state index contributed by atoms with van der Waals surface area (Å²) in [5, 5.41) is 0. The Morgan fingerprint density at radius 1 is 1.55 bits per heavy atom. The molecule has 0 spiro atoms. The van der Waals surface area contributed by atoms with E-state index in [4.69, 9.17) is 4.74 Å². The number of fused-ring (bicyclic) bond motifs is 1. The molecule has 2 aromatic heterocycles. The van der Waals surface area contributed by atoms with Crippen molar-refractivity contribution in [3.8, 4) is 0 Å². The highest BCUT2D eigenvalue weighted by Crippen LogP contribution is 2.19. The highest BCUT2D eigenvalue weighted by atomic mass is 16.5. The van der Waals surface area contributed by atoms with E-state index in [9.17, 15) is 4.79 Å². The Bertz CT molecular complexity index is 577. The minimum absolute atomic E-state index is 0.0103. The molecule has 1 atom stereocenters. The second-order valence-corrected chi connectivity index (χ2v) is 5.16. The first-order chi connectivity index (χ1) is 9.76. The summed E-state index contributed by atoms with van der Waals surface area (Å²) in [6.45, 7) is 2.49. The van der Waals surface area contributed by atoms with Crippen molar-refractivity contribution >= 4 is 11.7 Å². The quantitative estimate of drug-likeness (QED) is 0.785. The summed E-state index contributed by atoms with van der Waals surface area (Å²) in [4.78, 5) is 22.6. The topological polar surface area (TPSA) is 59.7 Å². The number of esters is 1. The Morgan fingerprint density at radius 2 is 2.45 bits per heavy atom. The van der Waals surface area contributed by atoms with Crippen molar-refractivity contribution in [2.45, 2.75) is 19.4 Å². The predicted octanol–water partition coefficient (Wildman–Crippen LogP) is 1.11. The van der Waals surface area contributed by atoms with Gasteiger partial charge in [0.15, 0.2) is 0 Å². The van der Waals surface area contributed by atoms with Crippen LogP contribution in [0, 0.1) is 5.92 Å². The molecule has 6 nitrogen and oxygen atoms in total. The maximum absolute atomic E-state index is 11.6. The van der Waals surface area contributed by atoms with E-state index in [0.29, 0.717) is 5.78 Å². The lowest BCUT2D eigenvalue weighted by Gasteiger charge is -2.30. The van der Waals surface area contributed by atoms with Crippen LogP contribution in [-0.2, 0) is 16.1 Å². The maximum atomic E-state index is 11.6. The summed E-state index contributed by atoms with van der Waals surface area (Å²) < 4.78 is 6.75. The fourth-order valence-electron chi connectivity index (χ4n) is 2.74. The van der Waals surface area contributed by atoms with Crippen LogP contribution in [0.15, 0.2) is 24.7 Å².